The summed E-state index contributed by atoms with van der Waals surface area (Å²) in [6.07, 6.45) is 0.496. The molecule has 0 unspecified atom stereocenters. The monoisotopic (exact) mass is 395 g/mol. The molecule has 0 saturated carbocycles. The predicted octanol–water partition coefficient (Wildman–Crippen LogP) is 4.13. The van der Waals surface area contributed by atoms with Crippen molar-refractivity contribution in [3.63, 3.8) is 0 Å². The second kappa shape index (κ2) is 10.4. The molecule has 26 heavy (non-hydrogen) atoms. The van der Waals surface area contributed by atoms with Crippen LogP contribution in [0, 0.1) is 11.8 Å². The standard InChI is InChI=1S/C20H29NO3S2/c1-14(2)17-13-26-20(25)21(17)19(22)15(3)18(23-4)10-11-24-12-16-8-6-5-7-9-16/h5-9,14-15,17-18H,10-13H2,1-4H3/t15-,17-,18-/m1/s1. The summed E-state index contributed by atoms with van der Waals surface area (Å²) in [5.74, 6) is 1.08. The van der Waals surface area contributed by atoms with Gasteiger partial charge < -0.3 is 9.47 Å². The number of hydrogen-bond acceptors (Lipinski definition) is 5. The smallest absolute Gasteiger partial charge is 0.233 e. The van der Waals surface area contributed by atoms with E-state index in [1.165, 1.54) is 0 Å². The Kier molecular flexibility index (Phi) is 8.54. The van der Waals surface area contributed by atoms with Gasteiger partial charge in [-0.2, -0.15) is 0 Å². The molecule has 2 rings (SSSR count). The van der Waals surface area contributed by atoms with Crippen molar-refractivity contribution in [2.24, 2.45) is 11.8 Å². The van der Waals surface area contributed by atoms with E-state index in [0.717, 1.165) is 11.3 Å². The third kappa shape index (κ3) is 5.52. The maximum Gasteiger partial charge on any atom is 0.233 e. The molecule has 1 heterocycles. The van der Waals surface area contributed by atoms with E-state index in [2.05, 4.69) is 13.8 Å². The summed E-state index contributed by atoms with van der Waals surface area (Å²) >= 11 is 7.01. The van der Waals surface area contributed by atoms with E-state index in [0.29, 0.717) is 29.9 Å². The molecule has 0 spiro atoms. The molecule has 144 valence electrons. The first-order valence-corrected chi connectivity index (χ1v) is 10.5. The Bertz CT molecular complexity index is 594. The highest BCUT2D eigenvalue weighted by molar-refractivity contribution is 8.23. The van der Waals surface area contributed by atoms with Crippen molar-refractivity contribution in [2.45, 2.75) is 45.9 Å². The van der Waals surface area contributed by atoms with Gasteiger partial charge in [-0.05, 0) is 17.9 Å². The van der Waals surface area contributed by atoms with Gasteiger partial charge >= 0.3 is 0 Å². The highest BCUT2D eigenvalue weighted by Gasteiger charge is 2.39. The lowest BCUT2D eigenvalue weighted by atomic mass is 9.97. The Balaban J connectivity index is 1.87. The number of thiocarbonyl (C=S) groups is 1. The third-order valence-corrected chi connectivity index (χ3v) is 6.32. The minimum atomic E-state index is -0.252. The Morgan fingerprint density at radius 2 is 2.00 bits per heavy atom. The van der Waals surface area contributed by atoms with E-state index in [1.807, 2.05) is 42.2 Å². The molecule has 1 amide bonds. The lowest BCUT2D eigenvalue weighted by Gasteiger charge is -2.31. The zero-order chi connectivity index (χ0) is 19.1. The van der Waals surface area contributed by atoms with Crippen LogP contribution < -0.4 is 0 Å². The Hall–Kier alpha value is -0.950. The average molecular weight is 396 g/mol. The van der Waals surface area contributed by atoms with Crippen LogP contribution in [0.2, 0.25) is 0 Å². The van der Waals surface area contributed by atoms with Crippen molar-refractivity contribution in [3.05, 3.63) is 35.9 Å². The highest BCUT2D eigenvalue weighted by Crippen LogP contribution is 2.31. The summed E-state index contributed by atoms with van der Waals surface area (Å²) in [7, 11) is 1.66. The lowest BCUT2D eigenvalue weighted by molar-refractivity contribution is -0.137. The number of rotatable bonds is 9. The minimum absolute atomic E-state index is 0.0635. The SMILES string of the molecule is CO[C@H](CCOCc1ccccc1)[C@@H](C)C(=O)N1C(=S)SC[C@@H]1C(C)C. The minimum Gasteiger partial charge on any atom is -0.381 e. The van der Waals surface area contributed by atoms with Gasteiger partial charge in [-0.25, -0.2) is 0 Å². The fourth-order valence-electron chi connectivity index (χ4n) is 3.09. The van der Waals surface area contributed by atoms with Gasteiger partial charge in [0.15, 0.2) is 0 Å². The van der Waals surface area contributed by atoms with Crippen LogP contribution in [0.1, 0.15) is 32.8 Å². The fourth-order valence-corrected chi connectivity index (χ4v) is 4.74. The molecule has 1 aromatic carbocycles. The maximum atomic E-state index is 13.0. The molecule has 1 saturated heterocycles. The number of methoxy groups -OCH3 is 1. The largest absolute Gasteiger partial charge is 0.381 e. The first-order chi connectivity index (χ1) is 12.5. The topological polar surface area (TPSA) is 38.8 Å². The zero-order valence-electron chi connectivity index (χ0n) is 16.0. The van der Waals surface area contributed by atoms with Crippen LogP contribution in [0.3, 0.4) is 0 Å². The van der Waals surface area contributed by atoms with Crippen molar-refractivity contribution in [1.29, 1.82) is 0 Å². The van der Waals surface area contributed by atoms with E-state index in [-0.39, 0.29) is 24.0 Å². The Labute approximate surface area is 166 Å². The number of thioether (sulfide) groups is 1. The number of hydrogen-bond donors (Lipinski definition) is 0. The predicted molar refractivity (Wildman–Crippen MR) is 111 cm³/mol. The van der Waals surface area contributed by atoms with Gasteiger partial charge in [0.1, 0.15) is 4.32 Å². The molecule has 1 aliphatic rings. The Morgan fingerprint density at radius 1 is 1.31 bits per heavy atom. The van der Waals surface area contributed by atoms with E-state index < -0.39 is 0 Å². The molecule has 0 aliphatic carbocycles. The first-order valence-electron chi connectivity index (χ1n) is 9.10. The number of nitrogens with zero attached hydrogens (tertiary/aromatic N) is 1. The maximum absolute atomic E-state index is 13.0. The second-order valence-electron chi connectivity index (χ2n) is 6.99. The van der Waals surface area contributed by atoms with Gasteiger partial charge in [0.25, 0.3) is 0 Å². The van der Waals surface area contributed by atoms with Gasteiger partial charge in [0.2, 0.25) is 5.91 Å². The number of carbonyl (C=O) groups is 1. The van der Waals surface area contributed by atoms with E-state index >= 15 is 0 Å². The molecule has 4 nitrogen and oxygen atoms in total. The molecule has 1 fully saturated rings. The molecule has 0 N–H and O–H groups in total. The summed E-state index contributed by atoms with van der Waals surface area (Å²) in [4.78, 5) is 14.8. The van der Waals surface area contributed by atoms with Crippen LogP contribution in [0.4, 0.5) is 0 Å². The molecule has 1 aliphatic heterocycles. The second-order valence-corrected chi connectivity index (χ2v) is 8.64. The summed E-state index contributed by atoms with van der Waals surface area (Å²) in [6.45, 7) is 7.32. The van der Waals surface area contributed by atoms with Crippen LogP contribution in [-0.2, 0) is 20.9 Å². The van der Waals surface area contributed by atoms with E-state index in [4.69, 9.17) is 21.7 Å². The molecule has 0 bridgehead atoms. The number of carbonyl (C=O) groups excluding carboxylic acids is 1. The summed E-state index contributed by atoms with van der Waals surface area (Å²) in [5.41, 5.74) is 1.14. The van der Waals surface area contributed by atoms with E-state index in [9.17, 15) is 4.79 Å². The number of benzene rings is 1. The quantitative estimate of drug-likeness (QED) is 0.464. The van der Waals surface area contributed by atoms with Crippen LogP contribution in [-0.4, -0.2) is 46.7 Å². The summed E-state index contributed by atoms with van der Waals surface area (Å²) in [6, 6.07) is 10.2. The summed E-state index contributed by atoms with van der Waals surface area (Å²) in [5, 5.41) is 0. The van der Waals surface area contributed by atoms with Crippen LogP contribution >= 0.6 is 24.0 Å². The van der Waals surface area contributed by atoms with Gasteiger partial charge in [-0.3, -0.25) is 9.69 Å². The van der Waals surface area contributed by atoms with Gasteiger partial charge in [0, 0.05) is 25.5 Å². The fraction of sp³-hybridized carbons (Fsp3) is 0.600. The average Bonchev–Trinajstić information content (AvgIpc) is 3.03. The molecular formula is C20H29NO3S2. The van der Waals surface area contributed by atoms with Gasteiger partial charge in [0.05, 0.1) is 18.6 Å². The molecule has 0 aromatic heterocycles. The number of amides is 1. The molecule has 3 atom stereocenters. The number of ether oxygens (including phenoxy) is 2. The van der Waals surface area contributed by atoms with Crippen molar-refractivity contribution in [3.8, 4) is 0 Å². The van der Waals surface area contributed by atoms with Gasteiger partial charge in [-0.15, -0.1) is 0 Å². The van der Waals surface area contributed by atoms with Gasteiger partial charge in [-0.1, -0.05) is 75.1 Å². The van der Waals surface area contributed by atoms with Crippen molar-refractivity contribution < 1.29 is 14.3 Å². The van der Waals surface area contributed by atoms with Crippen molar-refractivity contribution >= 4 is 34.2 Å². The normalized spacial score (nSPS) is 19.8. The van der Waals surface area contributed by atoms with Crippen LogP contribution in [0.25, 0.3) is 0 Å². The van der Waals surface area contributed by atoms with Crippen molar-refractivity contribution in [2.75, 3.05) is 19.5 Å². The van der Waals surface area contributed by atoms with E-state index in [1.54, 1.807) is 18.9 Å². The molecular weight excluding hydrogens is 366 g/mol. The van der Waals surface area contributed by atoms with Crippen LogP contribution in [0.15, 0.2) is 30.3 Å². The lowest BCUT2D eigenvalue weighted by Crippen LogP contribution is -2.47. The van der Waals surface area contributed by atoms with Crippen molar-refractivity contribution in [1.82, 2.24) is 4.90 Å². The highest BCUT2D eigenvalue weighted by atomic mass is 32.2. The molecule has 0 radical (unpaired) electrons. The Morgan fingerprint density at radius 3 is 2.62 bits per heavy atom. The van der Waals surface area contributed by atoms with Crippen LogP contribution in [0.5, 0.6) is 0 Å². The summed E-state index contributed by atoms with van der Waals surface area (Å²) < 4.78 is 12.0. The molecule has 6 heteroatoms. The zero-order valence-corrected chi connectivity index (χ0v) is 17.6. The molecule has 1 aromatic rings. The first kappa shape index (κ1) is 21.4. The third-order valence-electron chi connectivity index (χ3n) is 4.82.